The van der Waals surface area contributed by atoms with Gasteiger partial charge >= 0.3 is 0 Å². The molecule has 6 nitrogen and oxygen atoms in total. The first-order valence-electron chi connectivity index (χ1n) is 5.77. The summed E-state index contributed by atoms with van der Waals surface area (Å²) in [6, 6.07) is 2.97. The highest BCUT2D eigenvalue weighted by atomic mass is 35.5. The van der Waals surface area contributed by atoms with E-state index in [1.165, 1.54) is 25.4 Å². The molecule has 1 N–H and O–H groups in total. The summed E-state index contributed by atoms with van der Waals surface area (Å²) in [7, 11) is -2.36. The van der Waals surface area contributed by atoms with Crippen LogP contribution in [0.15, 0.2) is 23.2 Å². The second-order valence-electron chi connectivity index (χ2n) is 4.42. The number of hydrogen-bond donors (Lipinski definition) is 1. The fourth-order valence-corrected chi connectivity index (χ4v) is 2.67. The summed E-state index contributed by atoms with van der Waals surface area (Å²) in [5.41, 5.74) is 0. The van der Waals surface area contributed by atoms with Crippen molar-refractivity contribution in [2.75, 3.05) is 13.6 Å². The van der Waals surface area contributed by atoms with Crippen LogP contribution in [0.4, 0.5) is 0 Å². The summed E-state index contributed by atoms with van der Waals surface area (Å²) in [6.45, 7) is -0.207. The van der Waals surface area contributed by atoms with Crippen LogP contribution in [0.25, 0.3) is 0 Å². The molecule has 2 rings (SSSR count). The van der Waals surface area contributed by atoms with E-state index in [2.05, 4.69) is 10.3 Å². The summed E-state index contributed by atoms with van der Waals surface area (Å²) >= 11 is 5.61. The third kappa shape index (κ3) is 3.65. The van der Waals surface area contributed by atoms with Gasteiger partial charge in [-0.25, -0.2) is 13.4 Å². The molecule has 1 aliphatic rings. The third-order valence-corrected chi connectivity index (χ3v) is 4.73. The van der Waals surface area contributed by atoms with Gasteiger partial charge in [-0.05, 0) is 25.0 Å². The largest absolute Gasteiger partial charge is 0.352 e. The molecule has 0 atom stereocenters. The van der Waals surface area contributed by atoms with Crippen molar-refractivity contribution in [1.29, 1.82) is 0 Å². The zero-order chi connectivity index (χ0) is 14.0. The highest BCUT2D eigenvalue weighted by Gasteiger charge is 2.27. The molecule has 0 bridgehead atoms. The van der Waals surface area contributed by atoms with Crippen molar-refractivity contribution in [3.8, 4) is 0 Å². The minimum atomic E-state index is -3.71. The molecule has 1 heterocycles. The molecule has 1 amide bonds. The monoisotopic (exact) mass is 303 g/mol. The maximum absolute atomic E-state index is 12.1. The van der Waals surface area contributed by atoms with E-state index in [0.29, 0.717) is 0 Å². The highest BCUT2D eigenvalue weighted by Crippen LogP contribution is 2.19. The van der Waals surface area contributed by atoms with Crippen LogP contribution < -0.4 is 5.32 Å². The van der Waals surface area contributed by atoms with Crippen molar-refractivity contribution in [2.24, 2.45) is 0 Å². The van der Waals surface area contributed by atoms with Gasteiger partial charge in [0.2, 0.25) is 15.9 Å². The van der Waals surface area contributed by atoms with Crippen molar-refractivity contribution in [3.63, 3.8) is 0 Å². The van der Waals surface area contributed by atoms with Gasteiger partial charge < -0.3 is 5.32 Å². The molecule has 0 unspecified atom stereocenters. The van der Waals surface area contributed by atoms with Crippen LogP contribution in [0.5, 0.6) is 0 Å². The first kappa shape index (κ1) is 14.2. The third-order valence-electron chi connectivity index (χ3n) is 2.72. The van der Waals surface area contributed by atoms with Crippen LogP contribution in [0.2, 0.25) is 5.15 Å². The second kappa shape index (κ2) is 5.44. The Balaban J connectivity index is 2.05. The number of likely N-dealkylation sites (N-methyl/N-ethyl adjacent to an activating group) is 1. The number of aromatic nitrogens is 1. The summed E-state index contributed by atoms with van der Waals surface area (Å²) in [5, 5.41) is 2.95. The minimum Gasteiger partial charge on any atom is -0.352 e. The molecular weight excluding hydrogens is 290 g/mol. The van der Waals surface area contributed by atoms with Crippen LogP contribution >= 0.6 is 11.6 Å². The summed E-state index contributed by atoms with van der Waals surface area (Å²) < 4.78 is 25.3. The molecule has 1 aromatic rings. The van der Waals surface area contributed by atoms with E-state index < -0.39 is 10.0 Å². The number of hydrogen-bond acceptors (Lipinski definition) is 4. The molecule has 0 aromatic carbocycles. The Labute approximate surface area is 116 Å². The van der Waals surface area contributed by atoms with E-state index in [9.17, 15) is 13.2 Å². The van der Waals surface area contributed by atoms with E-state index in [4.69, 9.17) is 11.6 Å². The van der Waals surface area contributed by atoms with Crippen LogP contribution in [-0.4, -0.2) is 43.2 Å². The number of carbonyl (C=O) groups is 1. The molecule has 0 spiro atoms. The van der Waals surface area contributed by atoms with Gasteiger partial charge in [-0.15, -0.1) is 0 Å². The first-order valence-corrected chi connectivity index (χ1v) is 7.58. The zero-order valence-corrected chi connectivity index (χ0v) is 11.9. The number of pyridine rings is 1. The van der Waals surface area contributed by atoms with Gasteiger partial charge in [-0.2, -0.15) is 4.31 Å². The number of nitrogens with zero attached hydrogens (tertiary/aromatic N) is 2. The van der Waals surface area contributed by atoms with Gasteiger partial charge in [0.1, 0.15) is 10.0 Å². The lowest BCUT2D eigenvalue weighted by atomic mass is 10.5. The van der Waals surface area contributed by atoms with Crippen LogP contribution in [0.3, 0.4) is 0 Å². The van der Waals surface area contributed by atoms with E-state index in [-0.39, 0.29) is 28.5 Å². The van der Waals surface area contributed by atoms with Gasteiger partial charge in [-0.1, -0.05) is 11.6 Å². The topological polar surface area (TPSA) is 79.4 Å². The second-order valence-corrected chi connectivity index (χ2v) is 6.85. The van der Waals surface area contributed by atoms with Crippen LogP contribution in [-0.2, 0) is 14.8 Å². The standard InChI is InChI=1S/C11H14ClN3O3S/c1-15(7-11(16)14-8-2-3-8)19(17,18)9-4-5-10(12)13-6-9/h4-6,8H,2-3,7H2,1H3,(H,14,16). The Morgan fingerprint density at radius 1 is 1.53 bits per heavy atom. The average Bonchev–Trinajstić information content (AvgIpc) is 3.13. The highest BCUT2D eigenvalue weighted by molar-refractivity contribution is 7.89. The van der Waals surface area contributed by atoms with Crippen molar-refractivity contribution in [3.05, 3.63) is 23.5 Å². The summed E-state index contributed by atoms with van der Waals surface area (Å²) in [5.74, 6) is -0.296. The molecule has 1 fully saturated rings. The van der Waals surface area contributed by atoms with E-state index in [0.717, 1.165) is 17.1 Å². The molecule has 104 valence electrons. The van der Waals surface area contributed by atoms with Gasteiger partial charge in [0.25, 0.3) is 0 Å². The number of rotatable bonds is 5. The van der Waals surface area contributed by atoms with Crippen LogP contribution in [0.1, 0.15) is 12.8 Å². The molecule has 1 aromatic heterocycles. The average molecular weight is 304 g/mol. The Hall–Kier alpha value is -1.18. The summed E-state index contributed by atoms with van der Waals surface area (Å²) in [6.07, 6.45) is 3.10. The Kier molecular flexibility index (Phi) is 4.07. The molecule has 19 heavy (non-hydrogen) atoms. The Morgan fingerprint density at radius 3 is 2.74 bits per heavy atom. The lowest BCUT2D eigenvalue weighted by Crippen LogP contribution is -2.39. The van der Waals surface area contributed by atoms with Crippen molar-refractivity contribution in [1.82, 2.24) is 14.6 Å². The fraction of sp³-hybridized carbons (Fsp3) is 0.455. The molecule has 1 saturated carbocycles. The van der Waals surface area contributed by atoms with Crippen molar-refractivity contribution >= 4 is 27.5 Å². The SMILES string of the molecule is CN(CC(=O)NC1CC1)S(=O)(=O)c1ccc(Cl)nc1. The lowest BCUT2D eigenvalue weighted by molar-refractivity contribution is -0.121. The molecular formula is C11H14ClN3O3S. The lowest BCUT2D eigenvalue weighted by Gasteiger charge is -2.16. The van der Waals surface area contributed by atoms with Gasteiger partial charge in [0.05, 0.1) is 6.54 Å². The molecule has 0 saturated heterocycles. The normalized spacial score (nSPS) is 15.5. The van der Waals surface area contributed by atoms with Gasteiger partial charge in [0.15, 0.2) is 0 Å². The van der Waals surface area contributed by atoms with E-state index in [1.54, 1.807) is 0 Å². The maximum atomic E-state index is 12.1. The Bertz CT molecular complexity index is 569. The number of sulfonamides is 1. The predicted octanol–water partition coefficient (Wildman–Crippen LogP) is 0.634. The van der Waals surface area contributed by atoms with Crippen molar-refractivity contribution < 1.29 is 13.2 Å². The Morgan fingerprint density at radius 2 is 2.21 bits per heavy atom. The number of halogens is 1. The fourth-order valence-electron chi connectivity index (χ4n) is 1.48. The predicted molar refractivity (Wildman–Crippen MR) is 70.2 cm³/mol. The number of carbonyl (C=O) groups excluding carboxylic acids is 1. The van der Waals surface area contributed by atoms with Crippen molar-refractivity contribution in [2.45, 2.75) is 23.8 Å². The van der Waals surface area contributed by atoms with E-state index >= 15 is 0 Å². The molecule has 1 aliphatic carbocycles. The smallest absolute Gasteiger partial charge is 0.244 e. The van der Waals surface area contributed by atoms with Gasteiger partial charge in [-0.3, -0.25) is 4.79 Å². The number of amides is 1. The molecule has 0 radical (unpaired) electrons. The minimum absolute atomic E-state index is 0.0126. The maximum Gasteiger partial charge on any atom is 0.244 e. The molecule has 8 heteroatoms. The quantitative estimate of drug-likeness (QED) is 0.809. The first-order chi connectivity index (χ1) is 8.89. The van der Waals surface area contributed by atoms with E-state index in [1.807, 2.05) is 0 Å². The van der Waals surface area contributed by atoms with Crippen LogP contribution in [0, 0.1) is 0 Å². The van der Waals surface area contributed by atoms with Gasteiger partial charge in [0, 0.05) is 19.3 Å². The number of nitrogens with one attached hydrogen (secondary N) is 1. The zero-order valence-electron chi connectivity index (χ0n) is 10.3. The summed E-state index contributed by atoms with van der Waals surface area (Å²) in [4.78, 5) is 15.3. The molecule has 0 aliphatic heterocycles.